The van der Waals surface area contributed by atoms with E-state index in [1.54, 1.807) is 24.5 Å². The Kier molecular flexibility index (Phi) is 4.76. The highest BCUT2D eigenvalue weighted by atomic mass is 16.4. The van der Waals surface area contributed by atoms with Crippen LogP contribution in [0.15, 0.2) is 48.9 Å². The Hall–Kier alpha value is -3.02. The lowest BCUT2D eigenvalue weighted by Gasteiger charge is -2.02. The van der Waals surface area contributed by atoms with Crippen molar-refractivity contribution >= 4 is 18.0 Å². The molecule has 2 aromatic rings. The molecule has 0 bridgehead atoms. The summed E-state index contributed by atoms with van der Waals surface area (Å²) in [7, 11) is 0. The molecule has 2 aromatic heterocycles. The summed E-state index contributed by atoms with van der Waals surface area (Å²) >= 11 is 0. The second-order valence-corrected chi connectivity index (χ2v) is 4.18. The molecule has 6 heteroatoms. The number of carbonyl (C=O) groups excluding carboxylic acids is 1. The van der Waals surface area contributed by atoms with Gasteiger partial charge in [-0.25, -0.2) is 4.79 Å². The number of carbonyl (C=O) groups is 2. The molecular weight excluding hydrogens is 270 g/mol. The molecule has 0 saturated carbocycles. The molecule has 0 aliphatic rings. The van der Waals surface area contributed by atoms with Crippen LogP contribution in [0.5, 0.6) is 0 Å². The summed E-state index contributed by atoms with van der Waals surface area (Å²) in [5, 5.41) is 11.5. The highest BCUT2D eigenvalue weighted by Gasteiger charge is 2.04. The number of hydrogen-bond acceptors (Lipinski definition) is 4. The molecule has 0 unspecified atom stereocenters. The van der Waals surface area contributed by atoms with Crippen molar-refractivity contribution in [2.45, 2.75) is 6.54 Å². The zero-order valence-corrected chi connectivity index (χ0v) is 11.1. The Bertz CT molecular complexity index is 669. The quantitative estimate of drug-likeness (QED) is 0.811. The van der Waals surface area contributed by atoms with Crippen molar-refractivity contribution < 1.29 is 14.7 Å². The molecule has 0 aliphatic carbocycles. The third kappa shape index (κ3) is 4.54. The summed E-state index contributed by atoms with van der Waals surface area (Å²) in [5.41, 5.74) is 1.44. The monoisotopic (exact) mass is 283 g/mol. The highest BCUT2D eigenvalue weighted by molar-refractivity contribution is 5.91. The number of amides is 1. The fraction of sp³-hybridized carbons (Fsp3) is 0.0667. The Morgan fingerprint density at radius 1 is 1.29 bits per heavy atom. The zero-order chi connectivity index (χ0) is 15.1. The summed E-state index contributed by atoms with van der Waals surface area (Å²) in [6.45, 7) is 0.164. The molecule has 2 heterocycles. The van der Waals surface area contributed by atoms with E-state index in [1.165, 1.54) is 24.4 Å². The lowest BCUT2D eigenvalue weighted by molar-refractivity contribution is -0.116. The fourth-order valence-corrected chi connectivity index (χ4v) is 1.59. The first-order valence-corrected chi connectivity index (χ1v) is 6.19. The molecular formula is C15H13N3O3. The minimum absolute atomic E-state index is 0.139. The van der Waals surface area contributed by atoms with Gasteiger partial charge in [0.1, 0.15) is 0 Å². The summed E-state index contributed by atoms with van der Waals surface area (Å²) in [6, 6.07) is 6.43. The number of hydrogen-bond donors (Lipinski definition) is 2. The summed E-state index contributed by atoms with van der Waals surface area (Å²) in [5.74, 6) is -1.32. The third-order valence-electron chi connectivity index (χ3n) is 2.62. The van der Waals surface area contributed by atoms with Crippen LogP contribution in [0.2, 0.25) is 0 Å². The van der Waals surface area contributed by atoms with Crippen LogP contribution in [0.25, 0.3) is 6.08 Å². The van der Waals surface area contributed by atoms with E-state index < -0.39 is 5.97 Å². The maximum absolute atomic E-state index is 11.6. The van der Waals surface area contributed by atoms with E-state index in [2.05, 4.69) is 15.3 Å². The van der Waals surface area contributed by atoms with E-state index in [1.807, 2.05) is 6.07 Å². The lowest BCUT2D eigenvalue weighted by Crippen LogP contribution is -2.21. The number of aromatic carboxylic acids is 1. The van der Waals surface area contributed by atoms with Gasteiger partial charge in [0.25, 0.3) is 0 Å². The van der Waals surface area contributed by atoms with Crippen LogP contribution in [0.4, 0.5) is 0 Å². The van der Waals surface area contributed by atoms with Gasteiger partial charge in [0, 0.05) is 24.7 Å². The molecule has 0 fully saturated rings. The van der Waals surface area contributed by atoms with Gasteiger partial charge in [0.2, 0.25) is 5.91 Å². The average Bonchev–Trinajstić information content (AvgIpc) is 2.52. The standard InChI is InChI=1S/C15H13N3O3/c19-14(4-3-11-2-1-6-16-9-11)18-10-13-8-12(15(20)21)5-7-17-13/h1-9H,10H2,(H,18,19)(H,20,21)/b4-3+. The SMILES string of the molecule is O=C(/C=C/c1cccnc1)NCc1cc(C(=O)O)ccn1. The minimum Gasteiger partial charge on any atom is -0.478 e. The first kappa shape index (κ1) is 14.4. The van der Waals surface area contributed by atoms with Crippen molar-refractivity contribution in [3.63, 3.8) is 0 Å². The first-order chi connectivity index (χ1) is 10.1. The molecule has 2 rings (SSSR count). The van der Waals surface area contributed by atoms with Gasteiger partial charge >= 0.3 is 5.97 Å². The molecule has 0 radical (unpaired) electrons. The van der Waals surface area contributed by atoms with Crippen molar-refractivity contribution in [2.75, 3.05) is 0 Å². The second-order valence-electron chi connectivity index (χ2n) is 4.18. The van der Waals surface area contributed by atoms with Crippen LogP contribution in [0, 0.1) is 0 Å². The summed E-state index contributed by atoms with van der Waals surface area (Å²) in [6.07, 6.45) is 7.72. The van der Waals surface area contributed by atoms with Crippen LogP contribution < -0.4 is 5.32 Å². The van der Waals surface area contributed by atoms with Gasteiger partial charge in [0.05, 0.1) is 17.8 Å². The smallest absolute Gasteiger partial charge is 0.335 e. The van der Waals surface area contributed by atoms with Gasteiger partial charge in [0.15, 0.2) is 0 Å². The molecule has 0 atom stereocenters. The van der Waals surface area contributed by atoms with E-state index in [0.717, 1.165) is 5.56 Å². The Morgan fingerprint density at radius 2 is 2.14 bits per heavy atom. The van der Waals surface area contributed by atoms with E-state index in [0.29, 0.717) is 5.69 Å². The van der Waals surface area contributed by atoms with Crippen molar-refractivity contribution in [3.8, 4) is 0 Å². The van der Waals surface area contributed by atoms with E-state index in [-0.39, 0.29) is 18.0 Å². The normalized spacial score (nSPS) is 10.5. The Balaban J connectivity index is 1.91. The van der Waals surface area contributed by atoms with Gasteiger partial charge < -0.3 is 10.4 Å². The largest absolute Gasteiger partial charge is 0.478 e. The molecule has 0 aromatic carbocycles. The van der Waals surface area contributed by atoms with Gasteiger partial charge in [-0.2, -0.15) is 0 Å². The fourth-order valence-electron chi connectivity index (χ4n) is 1.59. The number of nitrogens with zero attached hydrogens (tertiary/aromatic N) is 2. The Morgan fingerprint density at radius 3 is 2.86 bits per heavy atom. The topological polar surface area (TPSA) is 92.2 Å². The van der Waals surface area contributed by atoms with Gasteiger partial charge in [-0.05, 0) is 29.8 Å². The van der Waals surface area contributed by atoms with Crippen molar-refractivity contribution in [1.82, 2.24) is 15.3 Å². The van der Waals surface area contributed by atoms with Crippen molar-refractivity contribution in [1.29, 1.82) is 0 Å². The minimum atomic E-state index is -1.03. The van der Waals surface area contributed by atoms with E-state index >= 15 is 0 Å². The van der Waals surface area contributed by atoms with Gasteiger partial charge in [-0.15, -0.1) is 0 Å². The summed E-state index contributed by atoms with van der Waals surface area (Å²) in [4.78, 5) is 30.4. The Labute approximate surface area is 121 Å². The van der Waals surface area contributed by atoms with E-state index in [9.17, 15) is 9.59 Å². The van der Waals surface area contributed by atoms with Crippen molar-refractivity contribution in [2.24, 2.45) is 0 Å². The first-order valence-electron chi connectivity index (χ1n) is 6.19. The van der Waals surface area contributed by atoms with E-state index in [4.69, 9.17) is 5.11 Å². The number of carboxylic acid groups (broad SMARTS) is 1. The maximum atomic E-state index is 11.6. The predicted octanol–water partition coefficient (Wildman–Crippen LogP) is 1.50. The molecule has 2 N–H and O–H groups in total. The number of rotatable bonds is 5. The van der Waals surface area contributed by atoms with Crippen LogP contribution in [-0.2, 0) is 11.3 Å². The van der Waals surface area contributed by atoms with Crippen LogP contribution in [0.1, 0.15) is 21.6 Å². The predicted molar refractivity (Wildman–Crippen MR) is 76.3 cm³/mol. The number of aromatic nitrogens is 2. The molecule has 6 nitrogen and oxygen atoms in total. The second kappa shape index (κ2) is 6.95. The third-order valence-corrected chi connectivity index (χ3v) is 2.62. The maximum Gasteiger partial charge on any atom is 0.335 e. The highest BCUT2D eigenvalue weighted by Crippen LogP contribution is 2.02. The molecule has 21 heavy (non-hydrogen) atoms. The average molecular weight is 283 g/mol. The van der Waals surface area contributed by atoms with Crippen LogP contribution in [-0.4, -0.2) is 27.0 Å². The molecule has 0 spiro atoms. The molecule has 0 aliphatic heterocycles. The van der Waals surface area contributed by atoms with Gasteiger partial charge in [-0.3, -0.25) is 14.8 Å². The van der Waals surface area contributed by atoms with Crippen LogP contribution in [0.3, 0.4) is 0 Å². The number of pyridine rings is 2. The molecule has 1 amide bonds. The van der Waals surface area contributed by atoms with Crippen LogP contribution >= 0.6 is 0 Å². The number of carboxylic acids is 1. The zero-order valence-electron chi connectivity index (χ0n) is 11.1. The summed E-state index contributed by atoms with van der Waals surface area (Å²) < 4.78 is 0. The number of nitrogens with one attached hydrogen (secondary N) is 1. The van der Waals surface area contributed by atoms with Crippen molar-refractivity contribution in [3.05, 3.63) is 65.8 Å². The molecule has 0 saturated heterocycles. The molecule has 106 valence electrons. The lowest BCUT2D eigenvalue weighted by atomic mass is 10.2. The van der Waals surface area contributed by atoms with Gasteiger partial charge in [-0.1, -0.05) is 6.07 Å².